The van der Waals surface area contributed by atoms with Crippen molar-refractivity contribution in [3.05, 3.63) is 54.1 Å². The molecule has 0 saturated carbocycles. The first kappa shape index (κ1) is 23.8. The molecule has 1 N–H and O–H groups in total. The zero-order valence-corrected chi connectivity index (χ0v) is 19.8. The Labute approximate surface area is 194 Å². The summed E-state index contributed by atoms with van der Waals surface area (Å²) in [7, 11) is -7.47. The summed E-state index contributed by atoms with van der Waals surface area (Å²) in [4.78, 5) is 12.9. The molecule has 178 valence electrons. The maximum atomic E-state index is 12.9. The fraction of sp³-hybridized carbons (Fsp3) is 0.409. The van der Waals surface area contributed by atoms with Crippen molar-refractivity contribution in [2.45, 2.75) is 42.1 Å². The molecule has 9 nitrogen and oxygen atoms in total. The van der Waals surface area contributed by atoms with Crippen molar-refractivity contribution in [2.24, 2.45) is 0 Å². The molecule has 2 aliphatic heterocycles. The van der Waals surface area contributed by atoms with Crippen LogP contribution in [-0.4, -0.2) is 57.7 Å². The Morgan fingerprint density at radius 3 is 2.33 bits per heavy atom. The number of amides is 1. The summed E-state index contributed by atoms with van der Waals surface area (Å²) in [6, 6.07) is 12.5. The topological polar surface area (TPSA) is 113 Å². The van der Waals surface area contributed by atoms with E-state index >= 15 is 0 Å². The average molecular weight is 494 g/mol. The van der Waals surface area contributed by atoms with Crippen LogP contribution in [0.5, 0.6) is 0 Å². The summed E-state index contributed by atoms with van der Waals surface area (Å²) >= 11 is 0. The number of carbonyl (C=O) groups excluding carboxylic acids is 1. The molecule has 1 fully saturated rings. The highest BCUT2D eigenvalue weighted by Gasteiger charge is 2.31. The summed E-state index contributed by atoms with van der Waals surface area (Å²) in [6.45, 7) is 0.495. The first-order chi connectivity index (χ1) is 15.8. The summed E-state index contributed by atoms with van der Waals surface area (Å²) in [5.74, 6) is -0.551. The van der Waals surface area contributed by atoms with E-state index in [-0.39, 0.29) is 23.1 Å². The monoisotopic (exact) mass is 493 g/mol. The number of fused-ring (bicyclic) bond motifs is 1. The molecule has 0 bridgehead atoms. The van der Waals surface area contributed by atoms with E-state index in [9.17, 15) is 21.6 Å². The minimum absolute atomic E-state index is 0.123. The number of anilines is 1. The van der Waals surface area contributed by atoms with Crippen molar-refractivity contribution in [1.82, 2.24) is 8.61 Å². The average Bonchev–Trinajstić information content (AvgIpc) is 3.14. The maximum Gasteiger partial charge on any atom is 0.245 e. The lowest BCUT2D eigenvalue weighted by Crippen LogP contribution is -2.38. The Morgan fingerprint density at radius 1 is 0.970 bits per heavy atom. The van der Waals surface area contributed by atoms with Crippen LogP contribution in [0.2, 0.25) is 0 Å². The predicted molar refractivity (Wildman–Crippen MR) is 122 cm³/mol. The minimum Gasteiger partial charge on any atom is -0.360 e. The lowest BCUT2D eigenvalue weighted by molar-refractivity contribution is -0.117. The van der Waals surface area contributed by atoms with Crippen LogP contribution in [0.3, 0.4) is 0 Å². The molecular formula is C22H27N3O6S2. The quantitative estimate of drug-likeness (QED) is 0.684. The van der Waals surface area contributed by atoms with Crippen LogP contribution in [0.15, 0.2) is 58.3 Å². The number of nitrogens with one attached hydrogen (secondary N) is 1. The van der Waals surface area contributed by atoms with Crippen LogP contribution in [0.25, 0.3) is 0 Å². The van der Waals surface area contributed by atoms with Gasteiger partial charge in [0.2, 0.25) is 26.0 Å². The minimum atomic E-state index is -3.89. The highest BCUT2D eigenvalue weighted by molar-refractivity contribution is 7.89. The number of ether oxygens (including phenoxy) is 1. The molecule has 4 rings (SSSR count). The molecule has 2 aromatic rings. The van der Waals surface area contributed by atoms with E-state index in [1.807, 2.05) is 0 Å². The van der Waals surface area contributed by atoms with Gasteiger partial charge in [0.15, 0.2) is 0 Å². The SMILES string of the molecule is O=C(CN1COCc2ccccc2S1(=O)=O)Nc1ccc(S(=O)(=O)N2CCCCCC2)cc1. The van der Waals surface area contributed by atoms with E-state index in [2.05, 4.69) is 5.32 Å². The molecule has 0 aliphatic carbocycles. The Bertz CT molecular complexity index is 1200. The van der Waals surface area contributed by atoms with Gasteiger partial charge in [0.1, 0.15) is 6.73 Å². The first-order valence-electron chi connectivity index (χ1n) is 10.8. The van der Waals surface area contributed by atoms with Crippen LogP contribution in [0, 0.1) is 0 Å². The van der Waals surface area contributed by atoms with Crippen molar-refractivity contribution >= 4 is 31.6 Å². The zero-order valence-electron chi connectivity index (χ0n) is 18.1. The second kappa shape index (κ2) is 9.90. The zero-order chi connectivity index (χ0) is 23.5. The number of sulfonamides is 2. The fourth-order valence-corrected chi connectivity index (χ4v) is 6.98. The van der Waals surface area contributed by atoms with Crippen molar-refractivity contribution in [1.29, 1.82) is 0 Å². The van der Waals surface area contributed by atoms with Crippen molar-refractivity contribution in [3.63, 3.8) is 0 Å². The van der Waals surface area contributed by atoms with Gasteiger partial charge in [-0.05, 0) is 48.7 Å². The summed E-state index contributed by atoms with van der Waals surface area (Å²) in [6.07, 6.45) is 3.75. The van der Waals surface area contributed by atoms with Crippen molar-refractivity contribution < 1.29 is 26.4 Å². The molecule has 0 unspecified atom stereocenters. The molecule has 0 spiro atoms. The van der Waals surface area contributed by atoms with Gasteiger partial charge < -0.3 is 10.1 Å². The molecular weight excluding hydrogens is 466 g/mol. The molecule has 11 heteroatoms. The van der Waals surface area contributed by atoms with Gasteiger partial charge in [-0.25, -0.2) is 16.8 Å². The van der Waals surface area contributed by atoms with E-state index < -0.39 is 32.5 Å². The number of rotatable bonds is 5. The van der Waals surface area contributed by atoms with E-state index in [4.69, 9.17) is 4.74 Å². The van der Waals surface area contributed by atoms with Crippen LogP contribution in [-0.2, 0) is 36.2 Å². The van der Waals surface area contributed by atoms with Crippen LogP contribution in [0.1, 0.15) is 31.2 Å². The summed E-state index contributed by atoms with van der Waals surface area (Å²) in [5.41, 5.74) is 0.921. The van der Waals surface area contributed by atoms with Gasteiger partial charge in [0.25, 0.3) is 0 Å². The number of nitrogens with zero attached hydrogens (tertiary/aromatic N) is 2. The standard InChI is InChI=1S/C22H27N3O6S2/c26-22(15-25-17-31-16-18-7-3-4-8-21(18)33(25,29)30)23-19-9-11-20(12-10-19)32(27,28)24-13-5-1-2-6-14-24/h3-4,7-12H,1-2,5-6,13-17H2,(H,23,26). The van der Waals surface area contributed by atoms with Crippen molar-refractivity contribution in [2.75, 3.05) is 31.7 Å². The van der Waals surface area contributed by atoms with Gasteiger partial charge in [-0.1, -0.05) is 31.0 Å². The molecule has 1 amide bonds. The number of hydrogen-bond donors (Lipinski definition) is 1. The largest absolute Gasteiger partial charge is 0.360 e. The Morgan fingerprint density at radius 2 is 1.64 bits per heavy atom. The third-order valence-corrected chi connectivity index (χ3v) is 9.53. The Hall–Kier alpha value is -2.31. The lowest BCUT2D eigenvalue weighted by Gasteiger charge is -2.20. The lowest BCUT2D eigenvalue weighted by atomic mass is 10.2. The smallest absolute Gasteiger partial charge is 0.245 e. The van der Waals surface area contributed by atoms with Gasteiger partial charge >= 0.3 is 0 Å². The van der Waals surface area contributed by atoms with Crippen LogP contribution in [0.4, 0.5) is 5.69 Å². The number of hydrogen-bond acceptors (Lipinski definition) is 6. The molecule has 2 aromatic carbocycles. The number of benzene rings is 2. The van der Waals surface area contributed by atoms with Gasteiger partial charge in [-0.2, -0.15) is 8.61 Å². The van der Waals surface area contributed by atoms with Gasteiger partial charge in [-0.3, -0.25) is 4.79 Å². The van der Waals surface area contributed by atoms with E-state index in [0.29, 0.717) is 24.3 Å². The van der Waals surface area contributed by atoms with Gasteiger partial charge in [0, 0.05) is 18.8 Å². The number of carbonyl (C=O) groups is 1. The molecule has 0 radical (unpaired) electrons. The highest BCUT2D eigenvalue weighted by Crippen LogP contribution is 2.25. The Kier molecular flexibility index (Phi) is 7.15. The predicted octanol–water partition coefficient (Wildman–Crippen LogP) is 2.37. The summed E-state index contributed by atoms with van der Waals surface area (Å²) < 4.78 is 59.6. The third kappa shape index (κ3) is 5.28. The van der Waals surface area contributed by atoms with Gasteiger partial charge in [0.05, 0.1) is 22.9 Å². The molecule has 1 saturated heterocycles. The molecule has 2 aliphatic rings. The molecule has 2 heterocycles. The van der Waals surface area contributed by atoms with Crippen LogP contribution < -0.4 is 5.32 Å². The second-order valence-corrected chi connectivity index (χ2v) is 11.9. The van der Waals surface area contributed by atoms with E-state index in [1.54, 1.807) is 18.2 Å². The summed E-state index contributed by atoms with van der Waals surface area (Å²) in [5, 5.41) is 2.63. The van der Waals surface area contributed by atoms with Crippen molar-refractivity contribution in [3.8, 4) is 0 Å². The van der Waals surface area contributed by atoms with Crippen LogP contribution >= 0.6 is 0 Å². The maximum absolute atomic E-state index is 12.9. The fourth-order valence-electron chi connectivity index (χ4n) is 3.97. The normalized spacial score (nSPS) is 19.8. The molecule has 33 heavy (non-hydrogen) atoms. The van der Waals surface area contributed by atoms with Gasteiger partial charge in [-0.15, -0.1) is 0 Å². The second-order valence-electron chi connectivity index (χ2n) is 8.09. The molecule has 0 aromatic heterocycles. The van der Waals surface area contributed by atoms with E-state index in [1.165, 1.54) is 34.6 Å². The third-order valence-electron chi connectivity index (χ3n) is 5.74. The first-order valence-corrected chi connectivity index (χ1v) is 13.7. The Balaban J connectivity index is 1.43. The molecule has 0 atom stereocenters. The van der Waals surface area contributed by atoms with E-state index in [0.717, 1.165) is 30.0 Å². The highest BCUT2D eigenvalue weighted by atomic mass is 32.2.